The predicted molar refractivity (Wildman–Crippen MR) is 90.7 cm³/mol. The van der Waals surface area contributed by atoms with Gasteiger partial charge in [0, 0.05) is 11.8 Å². The van der Waals surface area contributed by atoms with E-state index in [4.69, 9.17) is 9.47 Å². The Morgan fingerprint density at radius 2 is 1.88 bits per heavy atom. The number of rotatable bonds is 4. The fourth-order valence-corrected chi connectivity index (χ4v) is 2.33. The van der Waals surface area contributed by atoms with Gasteiger partial charge in [0.05, 0.1) is 0 Å². The second kappa shape index (κ2) is 6.31. The summed E-state index contributed by atoms with van der Waals surface area (Å²) in [5.74, 6) is 0.242. The van der Waals surface area contributed by atoms with Crippen LogP contribution in [0.25, 0.3) is 22.0 Å². The van der Waals surface area contributed by atoms with Gasteiger partial charge in [-0.15, -0.1) is 5.10 Å². The molecule has 24 heavy (non-hydrogen) atoms. The van der Waals surface area contributed by atoms with Gasteiger partial charge in [-0.2, -0.15) is 0 Å². The summed E-state index contributed by atoms with van der Waals surface area (Å²) in [6, 6.07) is 11.7. The van der Waals surface area contributed by atoms with Gasteiger partial charge < -0.3 is 9.47 Å². The highest BCUT2D eigenvalue weighted by Crippen LogP contribution is 2.25. The molecule has 0 saturated heterocycles. The molecule has 6 nitrogen and oxygen atoms in total. The molecule has 0 aliphatic heterocycles. The van der Waals surface area contributed by atoms with Crippen molar-refractivity contribution in [1.82, 2.24) is 15.4 Å². The summed E-state index contributed by atoms with van der Waals surface area (Å²) in [4.78, 5) is 11.7. The Hall–Kier alpha value is -2.89. The number of esters is 1. The third kappa shape index (κ3) is 3.90. The van der Waals surface area contributed by atoms with E-state index in [-0.39, 0.29) is 12.6 Å². The molecule has 0 amide bonds. The van der Waals surface area contributed by atoms with Crippen molar-refractivity contribution < 1.29 is 14.3 Å². The highest BCUT2D eigenvalue weighted by molar-refractivity contribution is 5.87. The van der Waals surface area contributed by atoms with E-state index in [1.807, 2.05) is 57.2 Å². The van der Waals surface area contributed by atoms with Gasteiger partial charge >= 0.3 is 5.97 Å². The number of nitrogens with zero attached hydrogens (tertiary/aromatic N) is 2. The number of benzene rings is 2. The summed E-state index contributed by atoms with van der Waals surface area (Å²) in [5, 5.41) is 12.5. The average Bonchev–Trinajstić information content (AvgIpc) is 3.05. The monoisotopic (exact) mass is 325 g/mol. The number of hydrogen-bond donors (Lipinski definition) is 1. The fraction of sp³-hybridized carbons (Fsp3) is 0.278. The third-order valence-corrected chi connectivity index (χ3v) is 3.30. The zero-order valence-electron chi connectivity index (χ0n) is 13.9. The molecule has 2 aromatic carbocycles. The van der Waals surface area contributed by atoms with Crippen molar-refractivity contribution in [3.05, 3.63) is 42.6 Å². The number of carbonyl (C=O) groups excluding carboxylic acids is 1. The highest BCUT2D eigenvalue weighted by Gasteiger charge is 2.16. The van der Waals surface area contributed by atoms with E-state index in [1.165, 1.54) is 0 Å². The van der Waals surface area contributed by atoms with E-state index in [1.54, 1.807) is 6.20 Å². The van der Waals surface area contributed by atoms with Crippen LogP contribution >= 0.6 is 0 Å². The van der Waals surface area contributed by atoms with Crippen molar-refractivity contribution in [2.45, 2.75) is 26.4 Å². The van der Waals surface area contributed by atoms with Crippen molar-refractivity contribution in [1.29, 1.82) is 0 Å². The first kappa shape index (κ1) is 16.0. The van der Waals surface area contributed by atoms with Crippen molar-refractivity contribution in [2.75, 3.05) is 6.61 Å². The van der Waals surface area contributed by atoms with Crippen LogP contribution in [-0.4, -0.2) is 33.6 Å². The van der Waals surface area contributed by atoms with Crippen LogP contribution in [0.15, 0.2) is 42.6 Å². The Bertz CT molecular complexity index is 852. The summed E-state index contributed by atoms with van der Waals surface area (Å²) in [6.07, 6.45) is 1.75. The summed E-state index contributed by atoms with van der Waals surface area (Å²) >= 11 is 0. The minimum absolute atomic E-state index is 0.111. The van der Waals surface area contributed by atoms with Crippen LogP contribution in [0.2, 0.25) is 0 Å². The predicted octanol–water partition coefficient (Wildman–Crippen LogP) is 3.35. The Morgan fingerprint density at radius 1 is 1.12 bits per heavy atom. The molecule has 3 aromatic rings. The standard InChI is InChI=1S/C18H19N3O3/c1-18(2,3)24-17(22)11-23-15-7-6-12-8-14(5-4-13(12)9-15)16-10-19-21-20-16/h4-10H,11H2,1-3H3,(H,19,20,21). The van der Waals surface area contributed by atoms with Gasteiger partial charge in [-0.3, -0.25) is 5.10 Å². The van der Waals surface area contributed by atoms with Crippen molar-refractivity contribution in [2.24, 2.45) is 0 Å². The number of H-pyrrole nitrogens is 1. The summed E-state index contributed by atoms with van der Waals surface area (Å²) in [5.41, 5.74) is 1.27. The lowest BCUT2D eigenvalue weighted by Gasteiger charge is -2.19. The van der Waals surface area contributed by atoms with E-state index >= 15 is 0 Å². The van der Waals surface area contributed by atoms with E-state index in [0.29, 0.717) is 5.75 Å². The molecule has 0 atom stereocenters. The third-order valence-electron chi connectivity index (χ3n) is 3.30. The van der Waals surface area contributed by atoms with Crippen molar-refractivity contribution >= 4 is 16.7 Å². The van der Waals surface area contributed by atoms with Gasteiger partial charge in [0.2, 0.25) is 0 Å². The van der Waals surface area contributed by atoms with Gasteiger partial charge in [-0.05, 0) is 49.7 Å². The Labute approximate surface area is 139 Å². The summed E-state index contributed by atoms with van der Waals surface area (Å²) in [6.45, 7) is 5.37. The Balaban J connectivity index is 1.72. The molecule has 0 saturated carbocycles. The molecule has 0 bridgehead atoms. The quantitative estimate of drug-likeness (QED) is 0.744. The number of aromatic nitrogens is 3. The molecular formula is C18H19N3O3. The molecule has 1 heterocycles. The normalized spacial score (nSPS) is 11.5. The lowest BCUT2D eigenvalue weighted by Crippen LogP contribution is -2.27. The van der Waals surface area contributed by atoms with Gasteiger partial charge in [0.1, 0.15) is 17.0 Å². The largest absolute Gasteiger partial charge is 0.482 e. The first-order valence-electron chi connectivity index (χ1n) is 7.66. The molecule has 0 aliphatic carbocycles. The number of fused-ring (bicyclic) bond motifs is 1. The summed E-state index contributed by atoms with van der Waals surface area (Å²) in [7, 11) is 0. The summed E-state index contributed by atoms with van der Waals surface area (Å²) < 4.78 is 10.7. The number of ether oxygens (including phenoxy) is 2. The molecule has 0 spiro atoms. The molecule has 1 aromatic heterocycles. The van der Waals surface area contributed by atoms with E-state index in [2.05, 4.69) is 15.4 Å². The van der Waals surface area contributed by atoms with Gasteiger partial charge in [-0.25, -0.2) is 4.79 Å². The number of carbonyl (C=O) groups is 1. The van der Waals surface area contributed by atoms with Crippen LogP contribution in [0.1, 0.15) is 20.8 Å². The van der Waals surface area contributed by atoms with Crippen LogP contribution in [0.5, 0.6) is 5.75 Å². The van der Waals surface area contributed by atoms with Crippen LogP contribution in [0.3, 0.4) is 0 Å². The maximum absolute atomic E-state index is 11.7. The van der Waals surface area contributed by atoms with Crippen LogP contribution < -0.4 is 4.74 Å². The van der Waals surface area contributed by atoms with Crippen LogP contribution in [0, 0.1) is 0 Å². The second-order valence-corrected chi connectivity index (χ2v) is 6.46. The molecule has 124 valence electrons. The fourth-order valence-electron chi connectivity index (χ4n) is 2.33. The number of nitrogens with one attached hydrogen (secondary N) is 1. The molecule has 3 rings (SSSR count). The first-order chi connectivity index (χ1) is 11.4. The Morgan fingerprint density at radius 3 is 2.58 bits per heavy atom. The van der Waals surface area contributed by atoms with E-state index in [9.17, 15) is 4.79 Å². The number of aromatic amines is 1. The minimum Gasteiger partial charge on any atom is -0.482 e. The maximum Gasteiger partial charge on any atom is 0.344 e. The number of hydrogen-bond acceptors (Lipinski definition) is 5. The first-order valence-corrected chi connectivity index (χ1v) is 7.66. The SMILES string of the molecule is CC(C)(C)OC(=O)COc1ccc2cc(-c3c[nH]nn3)ccc2c1. The van der Waals surface area contributed by atoms with Gasteiger partial charge in [0.15, 0.2) is 6.61 Å². The Kier molecular flexibility index (Phi) is 4.20. The highest BCUT2D eigenvalue weighted by atomic mass is 16.6. The molecule has 0 unspecified atom stereocenters. The second-order valence-electron chi connectivity index (χ2n) is 6.46. The lowest BCUT2D eigenvalue weighted by atomic mass is 10.1. The molecular weight excluding hydrogens is 306 g/mol. The maximum atomic E-state index is 11.7. The topological polar surface area (TPSA) is 77.1 Å². The molecule has 0 aliphatic rings. The van der Waals surface area contributed by atoms with Gasteiger partial charge in [-0.1, -0.05) is 23.4 Å². The van der Waals surface area contributed by atoms with Gasteiger partial charge in [0.25, 0.3) is 0 Å². The zero-order valence-corrected chi connectivity index (χ0v) is 13.9. The van der Waals surface area contributed by atoms with Crippen molar-refractivity contribution in [3.63, 3.8) is 0 Å². The smallest absolute Gasteiger partial charge is 0.344 e. The van der Waals surface area contributed by atoms with E-state index in [0.717, 1.165) is 22.0 Å². The average molecular weight is 325 g/mol. The minimum atomic E-state index is -0.513. The molecule has 1 N–H and O–H groups in total. The van der Waals surface area contributed by atoms with Crippen LogP contribution in [0.4, 0.5) is 0 Å². The lowest BCUT2D eigenvalue weighted by molar-refractivity contribution is -0.157. The molecule has 0 fully saturated rings. The molecule has 6 heteroatoms. The van der Waals surface area contributed by atoms with Crippen molar-refractivity contribution in [3.8, 4) is 17.0 Å². The van der Waals surface area contributed by atoms with E-state index < -0.39 is 5.60 Å². The zero-order chi connectivity index (χ0) is 17.2. The van der Waals surface area contributed by atoms with Crippen LogP contribution in [-0.2, 0) is 9.53 Å². The molecule has 0 radical (unpaired) electrons.